The largest absolute Gasteiger partial charge is 0.397 e. The van der Waals surface area contributed by atoms with Crippen molar-refractivity contribution in [3.05, 3.63) is 153 Å². The molecule has 9 heteroatoms. The van der Waals surface area contributed by atoms with Gasteiger partial charge in [-0.05, 0) is 103 Å². The number of nitrogens with two attached hydrogens (primary N) is 1. The summed E-state index contributed by atoms with van der Waals surface area (Å²) in [6.45, 7) is 0. The zero-order valence-corrected chi connectivity index (χ0v) is 27.7. The number of hydrogen-bond acceptors (Lipinski definition) is 5. The zero-order chi connectivity index (χ0) is 29.6. The van der Waals surface area contributed by atoms with Gasteiger partial charge in [0.2, 0.25) is 0 Å². The van der Waals surface area contributed by atoms with Crippen molar-refractivity contribution in [1.82, 2.24) is 19.9 Å². The van der Waals surface area contributed by atoms with Crippen LogP contribution in [0.5, 0.6) is 0 Å². The third-order valence-corrected chi connectivity index (χ3v) is 7.79. The van der Waals surface area contributed by atoms with Gasteiger partial charge in [0, 0.05) is 53.1 Å². The quantitative estimate of drug-likeness (QED) is 0.152. The standard InChI is InChI=1S/C11H9BrN2.C11H8N2.C6H5I.C5H5BrN2/c12-10-6-7-13-8-11(10)14-9-4-2-1-3-5-9;1-2-4-10-8(3-1)9-5-6-12-7-11(9)13-10;7-6-4-2-1-3-5-6;6-4-1-2-8-3-5(4)7/h1-8,14H;1-7,13H;1-5H;1-3H,7H2. The molecule has 0 saturated carbocycles. The number of nitrogens with one attached hydrogen (secondary N) is 2. The van der Waals surface area contributed by atoms with Crippen LogP contribution in [0.15, 0.2) is 149 Å². The predicted octanol–water partition coefficient (Wildman–Crippen LogP) is 10.0. The molecule has 4 N–H and O–H groups in total. The zero-order valence-electron chi connectivity index (χ0n) is 22.3. The van der Waals surface area contributed by atoms with Crippen LogP contribution in [-0.4, -0.2) is 19.9 Å². The molecule has 0 radical (unpaired) electrons. The topological polar surface area (TPSA) is 92.5 Å². The first-order valence-corrected chi connectivity index (χ1v) is 15.5. The SMILES string of the molecule is Brc1ccncc1Nc1ccccc1.Ic1ccccc1.Nc1cnccc1Br.c1ccc2c(c1)[nH]c1cnccc12. The number of aromatic amines is 1. The molecule has 0 aliphatic heterocycles. The number of anilines is 3. The van der Waals surface area contributed by atoms with Crippen molar-refractivity contribution in [2.75, 3.05) is 11.1 Å². The van der Waals surface area contributed by atoms with Crippen molar-refractivity contribution in [1.29, 1.82) is 0 Å². The van der Waals surface area contributed by atoms with Crippen molar-refractivity contribution in [3.8, 4) is 0 Å². The molecule has 0 aliphatic rings. The highest BCUT2D eigenvalue weighted by atomic mass is 127. The maximum atomic E-state index is 5.41. The number of nitrogens with zero attached hydrogens (tertiary/aromatic N) is 3. The molecule has 42 heavy (non-hydrogen) atoms. The molecule has 210 valence electrons. The molecule has 0 saturated heterocycles. The Morgan fingerprint density at radius 1 is 0.595 bits per heavy atom. The average molecular weight is 794 g/mol. The molecule has 7 aromatic rings. The minimum absolute atomic E-state index is 0.674. The van der Waals surface area contributed by atoms with Gasteiger partial charge in [0.1, 0.15) is 0 Å². The Morgan fingerprint density at radius 2 is 1.17 bits per heavy atom. The van der Waals surface area contributed by atoms with Crippen molar-refractivity contribution < 1.29 is 0 Å². The highest BCUT2D eigenvalue weighted by Crippen LogP contribution is 2.24. The summed E-state index contributed by atoms with van der Waals surface area (Å²) in [5.41, 5.74) is 10.4. The first kappa shape index (κ1) is 31.1. The van der Waals surface area contributed by atoms with Gasteiger partial charge in [-0.2, -0.15) is 0 Å². The highest BCUT2D eigenvalue weighted by molar-refractivity contribution is 14.1. The summed E-state index contributed by atoms with van der Waals surface area (Å²) in [6, 6.07) is 34.2. The average Bonchev–Trinajstić information content (AvgIpc) is 3.41. The van der Waals surface area contributed by atoms with E-state index >= 15 is 0 Å². The number of rotatable bonds is 2. The normalized spacial score (nSPS) is 9.88. The van der Waals surface area contributed by atoms with E-state index in [9.17, 15) is 0 Å². The van der Waals surface area contributed by atoms with Crippen LogP contribution in [0.25, 0.3) is 21.8 Å². The second-order valence-electron chi connectivity index (χ2n) is 8.63. The van der Waals surface area contributed by atoms with Gasteiger partial charge in [-0.15, -0.1) is 0 Å². The molecule has 4 heterocycles. The van der Waals surface area contributed by atoms with Crippen molar-refractivity contribution in [3.63, 3.8) is 0 Å². The van der Waals surface area contributed by atoms with E-state index in [0.717, 1.165) is 25.8 Å². The Labute approximate surface area is 275 Å². The van der Waals surface area contributed by atoms with Crippen LogP contribution in [-0.2, 0) is 0 Å². The fourth-order valence-electron chi connectivity index (χ4n) is 3.65. The van der Waals surface area contributed by atoms with Crippen LogP contribution in [0.1, 0.15) is 0 Å². The summed E-state index contributed by atoms with van der Waals surface area (Å²) in [5, 5.41) is 5.77. The van der Waals surface area contributed by atoms with E-state index in [1.54, 1.807) is 30.9 Å². The van der Waals surface area contributed by atoms with Gasteiger partial charge in [-0.3, -0.25) is 15.0 Å². The number of aromatic nitrogens is 4. The summed E-state index contributed by atoms with van der Waals surface area (Å²) in [5.74, 6) is 0. The summed E-state index contributed by atoms with van der Waals surface area (Å²) in [6.07, 6.45) is 10.5. The molecule has 0 unspecified atom stereocenters. The van der Waals surface area contributed by atoms with E-state index in [2.05, 4.69) is 110 Å². The monoisotopic (exact) mass is 792 g/mol. The lowest BCUT2D eigenvalue weighted by Crippen LogP contribution is -1.91. The number of nitrogen functional groups attached to an aromatic ring is 1. The molecule has 4 aromatic heterocycles. The molecule has 0 amide bonds. The maximum absolute atomic E-state index is 5.41. The number of para-hydroxylation sites is 2. The fourth-order valence-corrected chi connectivity index (χ4v) is 4.61. The van der Waals surface area contributed by atoms with Crippen LogP contribution in [0.3, 0.4) is 0 Å². The maximum Gasteiger partial charge on any atom is 0.0715 e. The highest BCUT2D eigenvalue weighted by Gasteiger charge is 2.01. The third-order valence-electron chi connectivity index (χ3n) is 5.66. The minimum Gasteiger partial charge on any atom is -0.397 e. The van der Waals surface area contributed by atoms with Gasteiger partial charge < -0.3 is 16.0 Å². The Kier molecular flexibility index (Phi) is 12.3. The van der Waals surface area contributed by atoms with Crippen molar-refractivity contribution in [2.24, 2.45) is 0 Å². The Balaban J connectivity index is 0.000000134. The molecule has 0 fully saturated rings. The molecule has 0 spiro atoms. The van der Waals surface area contributed by atoms with E-state index in [0.29, 0.717) is 5.69 Å². The Morgan fingerprint density at radius 3 is 1.79 bits per heavy atom. The molecular weight excluding hydrogens is 767 g/mol. The third kappa shape index (κ3) is 9.64. The second-order valence-corrected chi connectivity index (χ2v) is 11.6. The van der Waals surface area contributed by atoms with E-state index in [4.69, 9.17) is 5.73 Å². The molecule has 0 atom stereocenters. The van der Waals surface area contributed by atoms with Crippen LogP contribution in [0, 0.1) is 3.57 Å². The number of fused-ring (bicyclic) bond motifs is 3. The Hall–Kier alpha value is -3.80. The van der Waals surface area contributed by atoms with E-state index < -0.39 is 0 Å². The summed E-state index contributed by atoms with van der Waals surface area (Å²) in [4.78, 5) is 15.2. The number of hydrogen-bond donors (Lipinski definition) is 3. The molecule has 0 bridgehead atoms. The van der Waals surface area contributed by atoms with Gasteiger partial charge in [0.15, 0.2) is 0 Å². The summed E-state index contributed by atoms with van der Waals surface area (Å²) < 4.78 is 3.20. The van der Waals surface area contributed by atoms with Crippen LogP contribution in [0.4, 0.5) is 17.1 Å². The molecule has 6 nitrogen and oxygen atoms in total. The van der Waals surface area contributed by atoms with Gasteiger partial charge in [0.25, 0.3) is 0 Å². The van der Waals surface area contributed by atoms with Crippen LogP contribution in [0.2, 0.25) is 0 Å². The summed E-state index contributed by atoms with van der Waals surface area (Å²) >= 11 is 8.96. The van der Waals surface area contributed by atoms with Crippen LogP contribution >= 0.6 is 54.5 Å². The van der Waals surface area contributed by atoms with Crippen LogP contribution < -0.4 is 11.1 Å². The second kappa shape index (κ2) is 16.6. The first-order chi connectivity index (χ1) is 20.5. The number of halogens is 3. The van der Waals surface area contributed by atoms with Crippen molar-refractivity contribution >= 4 is 93.3 Å². The lowest BCUT2D eigenvalue weighted by Gasteiger charge is -2.06. The lowest BCUT2D eigenvalue weighted by atomic mass is 10.2. The number of benzene rings is 3. The van der Waals surface area contributed by atoms with E-state index in [1.807, 2.05) is 79.1 Å². The Bertz CT molecular complexity index is 1740. The number of pyridine rings is 3. The smallest absolute Gasteiger partial charge is 0.0715 e. The fraction of sp³-hybridized carbons (Fsp3) is 0. The lowest BCUT2D eigenvalue weighted by molar-refractivity contribution is 1.31. The van der Waals surface area contributed by atoms with Gasteiger partial charge >= 0.3 is 0 Å². The molecule has 0 aliphatic carbocycles. The van der Waals surface area contributed by atoms with Gasteiger partial charge in [-0.1, -0.05) is 54.6 Å². The van der Waals surface area contributed by atoms with Gasteiger partial charge in [0.05, 0.1) is 35.5 Å². The molecule has 3 aromatic carbocycles. The minimum atomic E-state index is 0.674. The van der Waals surface area contributed by atoms with E-state index in [1.165, 1.54) is 19.9 Å². The number of H-pyrrole nitrogens is 1. The van der Waals surface area contributed by atoms with Crippen molar-refractivity contribution in [2.45, 2.75) is 0 Å². The predicted molar refractivity (Wildman–Crippen MR) is 191 cm³/mol. The molecular formula is C33H27Br2IN6. The van der Waals surface area contributed by atoms with Gasteiger partial charge in [-0.25, -0.2) is 0 Å². The first-order valence-electron chi connectivity index (χ1n) is 12.8. The summed E-state index contributed by atoms with van der Waals surface area (Å²) in [7, 11) is 0. The molecule has 7 rings (SSSR count). The van der Waals surface area contributed by atoms with E-state index in [-0.39, 0.29) is 0 Å².